The van der Waals surface area contributed by atoms with Gasteiger partial charge in [-0.05, 0) is 44.9 Å². The number of aromatic nitrogens is 2. The molecule has 1 amide bonds. The Morgan fingerprint density at radius 2 is 1.97 bits per heavy atom. The molecule has 1 N–H and O–H groups in total. The molecule has 0 saturated carbocycles. The van der Waals surface area contributed by atoms with E-state index in [9.17, 15) is 9.18 Å². The van der Waals surface area contributed by atoms with Crippen LogP contribution in [0.3, 0.4) is 0 Å². The van der Waals surface area contributed by atoms with Gasteiger partial charge in [-0.25, -0.2) is 19.2 Å². The van der Waals surface area contributed by atoms with Crippen LogP contribution in [0.5, 0.6) is 17.5 Å². The summed E-state index contributed by atoms with van der Waals surface area (Å²) in [7, 11) is 0. The molecule has 0 unspecified atom stereocenters. The number of hydrogen-bond donors (Lipinski definition) is 1. The zero-order valence-electron chi connectivity index (χ0n) is 18.0. The Morgan fingerprint density at radius 3 is 2.61 bits per heavy atom. The molecule has 3 rings (SSSR count). The number of ether oxygens (including phenoxy) is 3. The zero-order valence-corrected chi connectivity index (χ0v) is 18.0. The third kappa shape index (κ3) is 6.04. The minimum absolute atomic E-state index is 0.0337. The average Bonchev–Trinajstić information content (AvgIpc) is 2.73. The van der Waals surface area contributed by atoms with E-state index in [2.05, 4.69) is 9.97 Å². The van der Waals surface area contributed by atoms with Gasteiger partial charge in [0.2, 0.25) is 11.8 Å². The Morgan fingerprint density at radius 1 is 1.26 bits per heavy atom. The Bertz CT molecular complexity index is 901. The lowest BCUT2D eigenvalue weighted by molar-refractivity contribution is 0.0505. The maximum atomic E-state index is 14.3. The molecule has 1 saturated heterocycles. The zero-order chi connectivity index (χ0) is 22.4. The summed E-state index contributed by atoms with van der Waals surface area (Å²) in [6.45, 7) is 6.41. The first-order valence-corrected chi connectivity index (χ1v) is 10.4. The van der Waals surface area contributed by atoms with Crippen LogP contribution in [0.1, 0.15) is 37.8 Å². The van der Waals surface area contributed by atoms with Gasteiger partial charge in [-0.1, -0.05) is 6.07 Å². The van der Waals surface area contributed by atoms with Crippen LogP contribution in [0.4, 0.5) is 9.18 Å². The van der Waals surface area contributed by atoms with Gasteiger partial charge in [0.15, 0.2) is 11.6 Å². The van der Waals surface area contributed by atoms with Gasteiger partial charge in [-0.2, -0.15) is 0 Å². The quantitative estimate of drug-likeness (QED) is 0.712. The second-order valence-corrected chi connectivity index (χ2v) is 7.69. The number of carbonyl (C=O) groups is 1. The van der Waals surface area contributed by atoms with Gasteiger partial charge in [0.25, 0.3) is 0 Å². The summed E-state index contributed by atoms with van der Waals surface area (Å²) >= 11 is 0. The molecule has 9 heteroatoms. The number of aliphatic hydroxyl groups excluding tert-OH is 1. The van der Waals surface area contributed by atoms with Crippen molar-refractivity contribution < 1.29 is 28.5 Å². The van der Waals surface area contributed by atoms with Crippen LogP contribution >= 0.6 is 0 Å². The first kappa shape index (κ1) is 22.7. The average molecular weight is 433 g/mol. The highest BCUT2D eigenvalue weighted by atomic mass is 19.1. The topological polar surface area (TPSA) is 94.0 Å². The number of nitrogens with zero attached hydrogens (tertiary/aromatic N) is 3. The minimum Gasteiger partial charge on any atom is -0.474 e. The van der Waals surface area contributed by atoms with E-state index in [4.69, 9.17) is 19.3 Å². The molecular weight excluding hydrogens is 405 g/mol. The van der Waals surface area contributed by atoms with E-state index in [0.29, 0.717) is 49.4 Å². The Balaban J connectivity index is 1.62. The lowest BCUT2D eigenvalue weighted by Crippen LogP contribution is -2.42. The lowest BCUT2D eigenvalue weighted by atomic mass is 10.1. The molecule has 1 aromatic carbocycles. The van der Waals surface area contributed by atoms with Gasteiger partial charge in [0.05, 0.1) is 11.7 Å². The number of piperidine rings is 1. The Labute approximate surface area is 181 Å². The molecule has 8 nitrogen and oxygen atoms in total. The Hall–Kier alpha value is -2.94. The van der Waals surface area contributed by atoms with Crippen molar-refractivity contribution in [3.05, 3.63) is 41.5 Å². The summed E-state index contributed by atoms with van der Waals surface area (Å²) in [6, 6.07) is 4.53. The van der Waals surface area contributed by atoms with E-state index >= 15 is 0 Å². The second-order valence-electron chi connectivity index (χ2n) is 7.69. The molecule has 2 heterocycles. The van der Waals surface area contributed by atoms with Crippen LogP contribution in [0.15, 0.2) is 24.5 Å². The summed E-state index contributed by atoms with van der Waals surface area (Å²) in [5, 5.41) is 8.98. The first-order chi connectivity index (χ1) is 14.9. The van der Waals surface area contributed by atoms with Gasteiger partial charge in [0.1, 0.15) is 12.4 Å². The molecule has 31 heavy (non-hydrogen) atoms. The van der Waals surface area contributed by atoms with Crippen LogP contribution < -0.4 is 9.47 Å². The van der Waals surface area contributed by atoms with E-state index in [0.717, 1.165) is 0 Å². The highest BCUT2D eigenvalue weighted by Crippen LogP contribution is 2.30. The molecule has 168 valence electrons. The fourth-order valence-corrected chi connectivity index (χ4v) is 3.25. The van der Waals surface area contributed by atoms with Crippen LogP contribution in [-0.4, -0.2) is 58.0 Å². The summed E-state index contributed by atoms with van der Waals surface area (Å²) in [5.41, 5.74) is 1.24. The second kappa shape index (κ2) is 10.4. The number of halogens is 1. The third-order valence-corrected chi connectivity index (χ3v) is 4.91. The molecule has 0 atom stereocenters. The smallest absolute Gasteiger partial charge is 0.410 e. The van der Waals surface area contributed by atoms with E-state index in [1.54, 1.807) is 17.9 Å². The molecule has 0 aliphatic carbocycles. The number of hydrogen-bond acceptors (Lipinski definition) is 7. The highest BCUT2D eigenvalue weighted by molar-refractivity contribution is 5.67. The van der Waals surface area contributed by atoms with Crippen LogP contribution in [0.25, 0.3) is 0 Å². The third-order valence-electron chi connectivity index (χ3n) is 4.91. The van der Waals surface area contributed by atoms with Crippen molar-refractivity contribution in [2.75, 3.05) is 19.7 Å². The number of carbonyl (C=O) groups excluding carboxylic acids is 1. The molecule has 1 aromatic heterocycles. The van der Waals surface area contributed by atoms with Crippen LogP contribution in [0.2, 0.25) is 0 Å². The van der Waals surface area contributed by atoms with E-state index in [1.165, 1.54) is 18.5 Å². The van der Waals surface area contributed by atoms with Crippen molar-refractivity contribution in [3.8, 4) is 17.5 Å². The highest BCUT2D eigenvalue weighted by Gasteiger charge is 2.26. The number of rotatable bonds is 7. The first-order valence-electron chi connectivity index (χ1n) is 10.4. The fourth-order valence-electron chi connectivity index (χ4n) is 3.25. The maximum absolute atomic E-state index is 14.3. The van der Waals surface area contributed by atoms with Crippen molar-refractivity contribution in [1.82, 2.24) is 14.9 Å². The van der Waals surface area contributed by atoms with Crippen LogP contribution in [0, 0.1) is 12.7 Å². The molecule has 0 radical (unpaired) electrons. The molecule has 1 fully saturated rings. The van der Waals surface area contributed by atoms with Gasteiger partial charge < -0.3 is 24.2 Å². The lowest BCUT2D eigenvalue weighted by Gasteiger charge is -2.31. The molecule has 1 aliphatic rings. The number of aliphatic hydroxyl groups is 1. The van der Waals surface area contributed by atoms with Gasteiger partial charge >= 0.3 is 6.09 Å². The van der Waals surface area contributed by atoms with E-state index in [1.807, 2.05) is 13.8 Å². The molecule has 0 spiro atoms. The van der Waals surface area contributed by atoms with Crippen molar-refractivity contribution in [3.63, 3.8) is 0 Å². The largest absolute Gasteiger partial charge is 0.474 e. The monoisotopic (exact) mass is 433 g/mol. The van der Waals surface area contributed by atoms with Gasteiger partial charge in [-0.3, -0.25) is 0 Å². The SMILES string of the molecule is Cc1c(Oc2ccc(CCO)cc2F)ncnc1OC1CCN(C(=O)OC(C)C)CC1. The van der Waals surface area contributed by atoms with E-state index in [-0.39, 0.29) is 36.5 Å². The van der Waals surface area contributed by atoms with Gasteiger partial charge in [-0.15, -0.1) is 0 Å². The Kier molecular flexibility index (Phi) is 7.62. The number of benzene rings is 1. The number of amides is 1. The van der Waals surface area contributed by atoms with Gasteiger partial charge in [0, 0.05) is 32.5 Å². The standard InChI is InChI=1S/C22H28FN3O5/c1-14(2)29-22(28)26-9-6-17(7-10-26)30-20-15(3)21(25-13-24-20)31-19-5-4-16(8-11-27)12-18(19)23/h4-5,12-14,17,27H,6-11H2,1-3H3. The molecule has 1 aliphatic heterocycles. The number of likely N-dealkylation sites (tertiary alicyclic amines) is 1. The summed E-state index contributed by atoms with van der Waals surface area (Å²) in [4.78, 5) is 22.0. The normalized spacial score (nSPS) is 14.6. The predicted molar refractivity (Wildman–Crippen MR) is 111 cm³/mol. The fraction of sp³-hybridized carbons (Fsp3) is 0.500. The van der Waals surface area contributed by atoms with Crippen LogP contribution in [-0.2, 0) is 11.2 Å². The van der Waals surface area contributed by atoms with Crippen molar-refractivity contribution in [2.45, 2.75) is 52.2 Å². The van der Waals surface area contributed by atoms with Crippen molar-refractivity contribution in [1.29, 1.82) is 0 Å². The molecule has 2 aromatic rings. The summed E-state index contributed by atoms with van der Waals surface area (Å²) in [5.74, 6) is 0.0702. The van der Waals surface area contributed by atoms with E-state index < -0.39 is 5.82 Å². The predicted octanol–water partition coefficient (Wildman–Crippen LogP) is 3.64. The van der Waals surface area contributed by atoms with Crippen molar-refractivity contribution in [2.24, 2.45) is 0 Å². The summed E-state index contributed by atoms with van der Waals surface area (Å²) < 4.78 is 31.2. The molecular formula is C22H28FN3O5. The molecule has 0 bridgehead atoms. The minimum atomic E-state index is -0.535. The van der Waals surface area contributed by atoms with Crippen molar-refractivity contribution >= 4 is 6.09 Å². The summed E-state index contributed by atoms with van der Waals surface area (Å²) in [6.07, 6.45) is 2.40. The maximum Gasteiger partial charge on any atom is 0.410 e.